The molecule has 0 heterocycles. The molecule has 2 unspecified atom stereocenters. The third-order valence-electron chi connectivity index (χ3n) is 5.07. The number of hydrogen-bond acceptors (Lipinski definition) is 2. The molecule has 2 bridgehead atoms. The Bertz CT molecular complexity index is 745. The van der Waals surface area contributed by atoms with Gasteiger partial charge < -0.3 is 0 Å². The number of nitrogens with zero attached hydrogens (tertiary/aromatic N) is 1. The van der Waals surface area contributed by atoms with Crippen LogP contribution in [0.4, 0.5) is 0 Å². The average molecular weight is 292 g/mol. The van der Waals surface area contributed by atoms with E-state index in [1.54, 1.807) is 0 Å². The fourth-order valence-electron chi connectivity index (χ4n) is 3.96. The van der Waals surface area contributed by atoms with Crippen molar-refractivity contribution in [2.45, 2.75) is 32.1 Å². The van der Waals surface area contributed by atoms with E-state index >= 15 is 0 Å². The van der Waals surface area contributed by atoms with Gasteiger partial charge in [0.1, 0.15) is 0 Å². The topological polar surface area (TPSA) is 41.5 Å². The molecule has 2 aliphatic rings. The van der Waals surface area contributed by atoms with E-state index in [9.17, 15) is 4.79 Å². The monoisotopic (exact) mass is 292 g/mol. The van der Waals surface area contributed by atoms with Gasteiger partial charge in [-0.15, -0.1) is 0 Å². The lowest BCUT2D eigenvalue weighted by Gasteiger charge is -2.12. The zero-order valence-electron chi connectivity index (χ0n) is 12.6. The highest BCUT2D eigenvalue weighted by molar-refractivity contribution is 5.92. The van der Waals surface area contributed by atoms with Crippen LogP contribution in [0.2, 0.25) is 0 Å². The molecule has 4 rings (SSSR count). The second-order valence-corrected chi connectivity index (χ2v) is 6.53. The molecular weight excluding hydrogens is 272 g/mol. The van der Waals surface area contributed by atoms with E-state index in [1.165, 1.54) is 30.4 Å². The van der Waals surface area contributed by atoms with Crippen LogP contribution in [0.5, 0.6) is 0 Å². The van der Waals surface area contributed by atoms with Crippen LogP contribution in [-0.2, 0) is 11.2 Å². The molecule has 2 aliphatic carbocycles. The molecule has 0 saturated heterocycles. The molecule has 2 fully saturated rings. The molecule has 2 aromatic carbocycles. The van der Waals surface area contributed by atoms with Crippen molar-refractivity contribution in [1.29, 1.82) is 0 Å². The second-order valence-electron chi connectivity index (χ2n) is 6.53. The molecule has 3 heteroatoms. The van der Waals surface area contributed by atoms with E-state index in [1.807, 2.05) is 24.3 Å². The Balaban J connectivity index is 1.46. The molecule has 1 amide bonds. The highest BCUT2D eigenvalue weighted by Gasteiger charge is 2.36. The summed E-state index contributed by atoms with van der Waals surface area (Å²) in [5, 5.41) is 6.72. The van der Waals surface area contributed by atoms with Crippen molar-refractivity contribution in [2.24, 2.45) is 16.9 Å². The molecule has 1 N–H and O–H groups in total. The van der Waals surface area contributed by atoms with E-state index in [0.29, 0.717) is 12.3 Å². The van der Waals surface area contributed by atoms with Gasteiger partial charge in [0.05, 0.1) is 6.42 Å². The van der Waals surface area contributed by atoms with Gasteiger partial charge in [-0.2, -0.15) is 5.10 Å². The summed E-state index contributed by atoms with van der Waals surface area (Å²) in [6.45, 7) is 0. The standard InChI is InChI=1S/C19H20N2O/c22-19(21-20-18-11-13-8-9-16(18)10-13)12-15-6-3-5-14-4-1-2-7-17(14)15/h1-7,13,16H,8-12H2,(H,21,22). The largest absolute Gasteiger partial charge is 0.273 e. The maximum atomic E-state index is 12.2. The van der Waals surface area contributed by atoms with Crippen molar-refractivity contribution in [2.75, 3.05) is 0 Å². The lowest BCUT2D eigenvalue weighted by Crippen LogP contribution is -2.23. The third kappa shape index (κ3) is 2.52. The molecule has 0 spiro atoms. The summed E-state index contributed by atoms with van der Waals surface area (Å²) >= 11 is 0. The van der Waals surface area contributed by atoms with E-state index in [0.717, 1.165) is 23.3 Å². The van der Waals surface area contributed by atoms with Crippen molar-refractivity contribution >= 4 is 22.4 Å². The highest BCUT2D eigenvalue weighted by Crippen LogP contribution is 2.42. The highest BCUT2D eigenvalue weighted by atomic mass is 16.2. The Hall–Kier alpha value is -2.16. The van der Waals surface area contributed by atoms with Gasteiger partial charge in [0, 0.05) is 5.71 Å². The molecule has 2 atom stereocenters. The molecule has 3 nitrogen and oxygen atoms in total. The number of rotatable bonds is 3. The summed E-state index contributed by atoms with van der Waals surface area (Å²) in [4.78, 5) is 12.2. The molecule has 2 saturated carbocycles. The van der Waals surface area contributed by atoms with Crippen molar-refractivity contribution in [3.63, 3.8) is 0 Å². The normalized spacial score (nSPS) is 25.0. The van der Waals surface area contributed by atoms with Crippen LogP contribution < -0.4 is 5.43 Å². The Morgan fingerprint density at radius 1 is 1.14 bits per heavy atom. The van der Waals surface area contributed by atoms with Crippen LogP contribution in [0, 0.1) is 11.8 Å². The Morgan fingerprint density at radius 3 is 2.82 bits per heavy atom. The van der Waals surface area contributed by atoms with Gasteiger partial charge in [0.2, 0.25) is 5.91 Å². The number of hydrogen-bond donors (Lipinski definition) is 1. The molecule has 22 heavy (non-hydrogen) atoms. The van der Waals surface area contributed by atoms with E-state index in [-0.39, 0.29) is 5.91 Å². The molecule has 0 aromatic heterocycles. The Morgan fingerprint density at radius 2 is 2.00 bits per heavy atom. The van der Waals surface area contributed by atoms with E-state index < -0.39 is 0 Å². The van der Waals surface area contributed by atoms with Crippen molar-refractivity contribution in [1.82, 2.24) is 5.43 Å². The van der Waals surface area contributed by atoms with Crippen molar-refractivity contribution in [3.05, 3.63) is 48.0 Å². The predicted molar refractivity (Wildman–Crippen MR) is 88.7 cm³/mol. The van der Waals surface area contributed by atoms with Crippen LogP contribution in [0.25, 0.3) is 10.8 Å². The van der Waals surface area contributed by atoms with Gasteiger partial charge in [-0.1, -0.05) is 42.5 Å². The first-order valence-electron chi connectivity index (χ1n) is 8.11. The molecule has 0 aliphatic heterocycles. The average Bonchev–Trinajstić information content (AvgIpc) is 3.16. The summed E-state index contributed by atoms with van der Waals surface area (Å²) in [6.07, 6.45) is 5.33. The van der Waals surface area contributed by atoms with Crippen LogP contribution in [0.1, 0.15) is 31.2 Å². The molecule has 2 aromatic rings. The SMILES string of the molecule is O=C(Cc1cccc2ccccc12)NN=C1CC2CCC1C2. The van der Waals surface area contributed by atoms with E-state index in [2.05, 4.69) is 28.7 Å². The van der Waals surface area contributed by atoms with E-state index in [4.69, 9.17) is 0 Å². The minimum atomic E-state index is -0.0216. The lowest BCUT2D eigenvalue weighted by atomic mass is 9.99. The van der Waals surface area contributed by atoms with Gasteiger partial charge in [0.25, 0.3) is 0 Å². The van der Waals surface area contributed by atoms with Gasteiger partial charge in [0.15, 0.2) is 0 Å². The minimum absolute atomic E-state index is 0.0216. The summed E-state index contributed by atoms with van der Waals surface area (Å²) in [7, 11) is 0. The quantitative estimate of drug-likeness (QED) is 0.862. The number of fused-ring (bicyclic) bond motifs is 3. The number of carbonyl (C=O) groups excluding carboxylic acids is 1. The second kappa shape index (κ2) is 5.56. The van der Waals surface area contributed by atoms with Gasteiger partial charge in [-0.05, 0) is 53.9 Å². The van der Waals surface area contributed by atoms with Crippen LogP contribution in [0.3, 0.4) is 0 Å². The van der Waals surface area contributed by atoms with Gasteiger partial charge in [-0.3, -0.25) is 4.79 Å². The first-order chi connectivity index (χ1) is 10.8. The Labute approximate surface area is 130 Å². The van der Waals surface area contributed by atoms with Crippen molar-refractivity contribution in [3.8, 4) is 0 Å². The van der Waals surface area contributed by atoms with Crippen LogP contribution >= 0.6 is 0 Å². The fraction of sp³-hybridized carbons (Fsp3) is 0.368. The lowest BCUT2D eigenvalue weighted by molar-refractivity contribution is -0.120. The number of amides is 1. The summed E-state index contributed by atoms with van der Waals surface area (Å²) < 4.78 is 0. The minimum Gasteiger partial charge on any atom is -0.273 e. The maximum Gasteiger partial charge on any atom is 0.244 e. The van der Waals surface area contributed by atoms with Gasteiger partial charge >= 0.3 is 0 Å². The predicted octanol–water partition coefficient (Wildman–Crippen LogP) is 3.67. The first kappa shape index (κ1) is 13.5. The zero-order chi connectivity index (χ0) is 14.9. The number of carbonyl (C=O) groups is 1. The number of hydrazone groups is 1. The molecule has 112 valence electrons. The summed E-state index contributed by atoms with van der Waals surface area (Å²) in [5.41, 5.74) is 5.04. The zero-order valence-corrected chi connectivity index (χ0v) is 12.6. The maximum absolute atomic E-state index is 12.2. The van der Waals surface area contributed by atoms with Crippen molar-refractivity contribution < 1.29 is 4.79 Å². The number of benzene rings is 2. The van der Waals surface area contributed by atoms with Crippen LogP contribution in [0.15, 0.2) is 47.6 Å². The third-order valence-corrected chi connectivity index (χ3v) is 5.07. The molecule has 0 radical (unpaired) electrons. The molecular formula is C19H20N2O. The smallest absolute Gasteiger partial charge is 0.244 e. The Kier molecular flexibility index (Phi) is 3.41. The van der Waals surface area contributed by atoms with Crippen LogP contribution in [-0.4, -0.2) is 11.6 Å². The first-order valence-corrected chi connectivity index (χ1v) is 8.11. The van der Waals surface area contributed by atoms with Gasteiger partial charge in [-0.25, -0.2) is 5.43 Å². The summed E-state index contributed by atoms with van der Waals surface area (Å²) in [5.74, 6) is 1.42. The fourth-order valence-corrected chi connectivity index (χ4v) is 3.96. The number of nitrogens with one attached hydrogen (secondary N) is 1. The summed E-state index contributed by atoms with van der Waals surface area (Å²) in [6, 6.07) is 14.3.